The van der Waals surface area contributed by atoms with Crippen molar-refractivity contribution in [1.29, 1.82) is 0 Å². The molecule has 0 amide bonds. The van der Waals surface area contributed by atoms with Gasteiger partial charge in [0.25, 0.3) is 0 Å². The van der Waals surface area contributed by atoms with Gasteiger partial charge in [0, 0.05) is 0 Å². The number of ether oxygens (including phenoxy) is 4. The second-order valence-corrected chi connectivity index (χ2v) is 6.20. The van der Waals surface area contributed by atoms with Gasteiger partial charge >= 0.3 is 5.97 Å². The monoisotopic (exact) mass is 358 g/mol. The van der Waals surface area contributed by atoms with Crippen molar-refractivity contribution in [2.75, 3.05) is 28.4 Å². The van der Waals surface area contributed by atoms with Gasteiger partial charge in [0.15, 0.2) is 11.5 Å². The van der Waals surface area contributed by atoms with Crippen LogP contribution in [0, 0.1) is 0 Å². The Morgan fingerprint density at radius 3 is 1.81 bits per heavy atom. The highest BCUT2D eigenvalue weighted by atomic mass is 16.5. The molecule has 0 fully saturated rings. The topological polar surface area (TPSA) is 54.0 Å². The average Bonchev–Trinajstić information content (AvgIpc) is 2.67. The van der Waals surface area contributed by atoms with Gasteiger partial charge in [0.1, 0.15) is 5.92 Å². The van der Waals surface area contributed by atoms with Gasteiger partial charge in [0.05, 0.1) is 28.4 Å². The van der Waals surface area contributed by atoms with Crippen LogP contribution in [-0.2, 0) is 9.53 Å². The lowest BCUT2D eigenvalue weighted by atomic mass is 9.84. The van der Waals surface area contributed by atoms with Gasteiger partial charge in [-0.1, -0.05) is 38.1 Å². The summed E-state index contributed by atoms with van der Waals surface area (Å²) < 4.78 is 21.4. The Labute approximate surface area is 154 Å². The highest BCUT2D eigenvalue weighted by Crippen LogP contribution is 2.42. The number of carbonyl (C=O) groups excluding carboxylic acids is 1. The molecule has 0 saturated heterocycles. The van der Waals surface area contributed by atoms with Gasteiger partial charge in [-0.2, -0.15) is 0 Å². The minimum absolute atomic E-state index is 0.264. The normalized spacial score (nSPS) is 11.8. The molecule has 0 bridgehead atoms. The molecular weight excluding hydrogens is 332 g/mol. The van der Waals surface area contributed by atoms with Crippen LogP contribution in [-0.4, -0.2) is 34.4 Å². The lowest BCUT2D eigenvalue weighted by Gasteiger charge is -2.22. The number of methoxy groups -OCH3 is 4. The zero-order valence-corrected chi connectivity index (χ0v) is 16.2. The molecule has 5 heteroatoms. The standard InChI is InChI=1S/C21H26O5/c1-13(2)15-9-7-8-10-16(15)19(21(22)26-6)14-11-17(23-3)20(25-5)18(12-14)24-4/h7-13,19H,1-6H3. The lowest BCUT2D eigenvalue weighted by Crippen LogP contribution is -2.18. The Balaban J connectivity index is 2.72. The molecule has 2 aromatic carbocycles. The van der Waals surface area contributed by atoms with Gasteiger partial charge < -0.3 is 18.9 Å². The number of hydrogen-bond acceptors (Lipinski definition) is 5. The highest BCUT2D eigenvalue weighted by Gasteiger charge is 2.29. The molecular formula is C21H26O5. The lowest BCUT2D eigenvalue weighted by molar-refractivity contribution is -0.141. The number of rotatable bonds is 7. The van der Waals surface area contributed by atoms with Crippen molar-refractivity contribution < 1.29 is 23.7 Å². The molecule has 0 aliphatic carbocycles. The minimum Gasteiger partial charge on any atom is -0.493 e. The summed E-state index contributed by atoms with van der Waals surface area (Å²) in [4.78, 5) is 12.7. The van der Waals surface area contributed by atoms with E-state index >= 15 is 0 Å². The van der Waals surface area contributed by atoms with Crippen molar-refractivity contribution in [3.8, 4) is 17.2 Å². The summed E-state index contributed by atoms with van der Waals surface area (Å²) in [5, 5.41) is 0. The first-order valence-corrected chi connectivity index (χ1v) is 8.45. The Morgan fingerprint density at radius 2 is 1.38 bits per heavy atom. The fraction of sp³-hybridized carbons (Fsp3) is 0.381. The van der Waals surface area contributed by atoms with Gasteiger partial charge in [-0.3, -0.25) is 4.79 Å². The molecule has 0 aliphatic rings. The third kappa shape index (κ3) is 3.77. The molecule has 1 atom stereocenters. The molecule has 2 aromatic rings. The summed E-state index contributed by atoms with van der Waals surface area (Å²) in [6, 6.07) is 11.5. The van der Waals surface area contributed by atoms with Gasteiger partial charge in [-0.25, -0.2) is 0 Å². The SMILES string of the molecule is COC(=O)C(c1cc(OC)c(OC)c(OC)c1)c1ccccc1C(C)C. The Bertz CT molecular complexity index is 742. The smallest absolute Gasteiger partial charge is 0.317 e. The van der Waals surface area contributed by atoms with E-state index in [9.17, 15) is 4.79 Å². The summed E-state index contributed by atoms with van der Waals surface area (Å²) >= 11 is 0. The minimum atomic E-state index is -0.590. The van der Waals surface area contributed by atoms with Crippen molar-refractivity contribution >= 4 is 5.97 Å². The van der Waals surface area contributed by atoms with Gasteiger partial charge in [0.2, 0.25) is 5.75 Å². The van der Waals surface area contributed by atoms with Crippen LogP contribution in [0.5, 0.6) is 17.2 Å². The largest absolute Gasteiger partial charge is 0.493 e. The van der Waals surface area contributed by atoms with E-state index in [2.05, 4.69) is 13.8 Å². The van der Waals surface area contributed by atoms with Crippen LogP contribution in [0.1, 0.15) is 42.4 Å². The van der Waals surface area contributed by atoms with Crippen LogP contribution >= 0.6 is 0 Å². The number of carbonyl (C=O) groups is 1. The zero-order valence-electron chi connectivity index (χ0n) is 16.2. The summed E-state index contributed by atoms with van der Waals surface area (Å²) in [7, 11) is 6.05. The molecule has 0 spiro atoms. The van der Waals surface area contributed by atoms with E-state index in [4.69, 9.17) is 18.9 Å². The predicted octanol–water partition coefficient (Wildman–Crippen LogP) is 4.14. The molecule has 0 aromatic heterocycles. The maximum atomic E-state index is 12.7. The Kier molecular flexibility index (Phi) is 6.50. The summed E-state index contributed by atoms with van der Waals surface area (Å²) in [6.45, 7) is 4.20. The van der Waals surface area contributed by atoms with E-state index in [0.717, 1.165) is 16.7 Å². The average molecular weight is 358 g/mol. The summed E-state index contributed by atoms with van der Waals surface area (Å²) in [6.07, 6.45) is 0. The van der Waals surface area contributed by atoms with E-state index in [1.54, 1.807) is 33.5 Å². The number of esters is 1. The molecule has 5 nitrogen and oxygen atoms in total. The Morgan fingerprint density at radius 1 is 0.846 bits per heavy atom. The zero-order chi connectivity index (χ0) is 19.3. The van der Waals surface area contributed by atoms with E-state index in [1.165, 1.54) is 7.11 Å². The van der Waals surface area contributed by atoms with E-state index in [0.29, 0.717) is 17.2 Å². The quantitative estimate of drug-likeness (QED) is 0.696. The third-order valence-corrected chi connectivity index (χ3v) is 4.39. The van der Waals surface area contributed by atoms with Crippen molar-refractivity contribution in [1.82, 2.24) is 0 Å². The van der Waals surface area contributed by atoms with Crippen molar-refractivity contribution in [2.45, 2.75) is 25.7 Å². The van der Waals surface area contributed by atoms with Gasteiger partial charge in [-0.05, 0) is 34.7 Å². The van der Waals surface area contributed by atoms with Crippen LogP contribution in [0.15, 0.2) is 36.4 Å². The molecule has 1 unspecified atom stereocenters. The van der Waals surface area contributed by atoms with E-state index in [1.807, 2.05) is 24.3 Å². The molecule has 0 radical (unpaired) electrons. The highest BCUT2D eigenvalue weighted by molar-refractivity contribution is 5.83. The second-order valence-electron chi connectivity index (χ2n) is 6.20. The molecule has 140 valence electrons. The Hall–Kier alpha value is -2.69. The fourth-order valence-electron chi connectivity index (χ4n) is 3.13. The molecule has 26 heavy (non-hydrogen) atoms. The summed E-state index contributed by atoms with van der Waals surface area (Å²) in [5.41, 5.74) is 2.72. The first kappa shape index (κ1) is 19.6. The van der Waals surface area contributed by atoms with Crippen LogP contribution < -0.4 is 14.2 Å². The first-order chi connectivity index (χ1) is 12.5. The van der Waals surface area contributed by atoms with Gasteiger partial charge in [-0.15, -0.1) is 0 Å². The number of hydrogen-bond donors (Lipinski definition) is 0. The maximum Gasteiger partial charge on any atom is 0.317 e. The predicted molar refractivity (Wildman–Crippen MR) is 100 cm³/mol. The van der Waals surface area contributed by atoms with E-state index in [-0.39, 0.29) is 11.9 Å². The molecule has 0 saturated carbocycles. The fourth-order valence-corrected chi connectivity index (χ4v) is 3.13. The van der Waals surface area contributed by atoms with Crippen molar-refractivity contribution in [2.24, 2.45) is 0 Å². The van der Waals surface area contributed by atoms with Crippen molar-refractivity contribution in [3.63, 3.8) is 0 Å². The molecule has 0 aliphatic heterocycles. The van der Waals surface area contributed by atoms with Crippen LogP contribution in [0.25, 0.3) is 0 Å². The number of benzene rings is 2. The van der Waals surface area contributed by atoms with E-state index < -0.39 is 5.92 Å². The van der Waals surface area contributed by atoms with Crippen LogP contribution in [0.2, 0.25) is 0 Å². The first-order valence-electron chi connectivity index (χ1n) is 8.45. The molecule has 0 N–H and O–H groups in total. The summed E-state index contributed by atoms with van der Waals surface area (Å²) in [5.74, 6) is 0.815. The maximum absolute atomic E-state index is 12.7. The van der Waals surface area contributed by atoms with Crippen molar-refractivity contribution in [3.05, 3.63) is 53.1 Å². The van der Waals surface area contributed by atoms with Crippen LogP contribution in [0.4, 0.5) is 0 Å². The third-order valence-electron chi connectivity index (χ3n) is 4.39. The molecule has 0 heterocycles. The molecule has 2 rings (SSSR count). The second kappa shape index (κ2) is 8.61. The van der Waals surface area contributed by atoms with Crippen LogP contribution in [0.3, 0.4) is 0 Å².